The maximum Gasteiger partial charge on any atom is 0.306 e. The zero-order chi connectivity index (χ0) is 20.3. The fourth-order valence-electron chi connectivity index (χ4n) is 3.99. The molecule has 6 heteroatoms. The zero-order valence-electron chi connectivity index (χ0n) is 16.9. The van der Waals surface area contributed by atoms with Crippen LogP contribution in [0.15, 0.2) is 24.3 Å². The van der Waals surface area contributed by atoms with E-state index in [1.54, 1.807) is 0 Å². The van der Waals surface area contributed by atoms with Crippen molar-refractivity contribution in [3.05, 3.63) is 52.3 Å². The minimum absolute atomic E-state index is 0.0128. The van der Waals surface area contributed by atoms with Gasteiger partial charge in [-0.25, -0.2) is 0 Å². The smallest absolute Gasteiger partial charge is 0.306 e. The van der Waals surface area contributed by atoms with Gasteiger partial charge in [-0.1, -0.05) is 29.8 Å². The molecule has 0 bridgehead atoms. The summed E-state index contributed by atoms with van der Waals surface area (Å²) in [4.78, 5) is 23.4. The molecule has 0 aliphatic heterocycles. The van der Waals surface area contributed by atoms with E-state index < -0.39 is 5.97 Å². The van der Waals surface area contributed by atoms with Gasteiger partial charge < -0.3 is 10.4 Å². The highest BCUT2D eigenvalue weighted by molar-refractivity contribution is 5.77. The summed E-state index contributed by atoms with van der Waals surface area (Å²) in [5.41, 5.74) is 5.62. The van der Waals surface area contributed by atoms with E-state index >= 15 is 0 Å². The lowest BCUT2D eigenvalue weighted by molar-refractivity contribution is -0.141. The van der Waals surface area contributed by atoms with Gasteiger partial charge >= 0.3 is 5.97 Å². The van der Waals surface area contributed by atoms with Crippen molar-refractivity contribution in [3.63, 3.8) is 0 Å². The number of benzene rings is 1. The molecule has 1 amide bonds. The first kappa shape index (κ1) is 20.1. The third-order valence-corrected chi connectivity index (χ3v) is 5.73. The molecule has 0 unspecified atom stereocenters. The average Bonchev–Trinajstić information content (AvgIpc) is 3.21. The maximum atomic E-state index is 12.3. The van der Waals surface area contributed by atoms with Crippen molar-refractivity contribution < 1.29 is 14.7 Å². The minimum atomic E-state index is -0.760. The van der Waals surface area contributed by atoms with E-state index in [0.29, 0.717) is 25.7 Å². The average molecular weight is 383 g/mol. The number of carboxylic acids is 1. The van der Waals surface area contributed by atoms with E-state index in [-0.39, 0.29) is 17.9 Å². The number of aromatic nitrogens is 2. The van der Waals surface area contributed by atoms with E-state index in [1.807, 2.05) is 11.6 Å². The first-order valence-electron chi connectivity index (χ1n) is 9.94. The van der Waals surface area contributed by atoms with Crippen LogP contribution < -0.4 is 5.32 Å². The molecule has 1 aliphatic carbocycles. The van der Waals surface area contributed by atoms with Crippen molar-refractivity contribution in [1.29, 1.82) is 0 Å². The van der Waals surface area contributed by atoms with E-state index in [9.17, 15) is 9.59 Å². The van der Waals surface area contributed by atoms with E-state index in [4.69, 9.17) is 5.11 Å². The largest absolute Gasteiger partial charge is 0.481 e. The number of aryl methyl sites for hydroxylation is 2. The summed E-state index contributed by atoms with van der Waals surface area (Å²) in [5.74, 6) is -1.10. The number of hydrogen-bond donors (Lipinski definition) is 2. The zero-order valence-corrected chi connectivity index (χ0v) is 16.9. The second-order valence-electron chi connectivity index (χ2n) is 7.91. The third kappa shape index (κ3) is 4.80. The molecule has 0 spiro atoms. The summed E-state index contributed by atoms with van der Waals surface area (Å²) in [6.45, 7) is 6.83. The van der Waals surface area contributed by atoms with Crippen LogP contribution in [0.4, 0.5) is 0 Å². The molecule has 2 N–H and O–H groups in total. The Balaban J connectivity index is 1.56. The molecule has 3 rings (SSSR count). The first-order valence-corrected chi connectivity index (χ1v) is 9.94. The van der Waals surface area contributed by atoms with Gasteiger partial charge in [-0.15, -0.1) is 0 Å². The standard InChI is InChI=1S/C22H29N3O3/c1-14-4-6-17(7-5-14)13-25-16(3)20(15(2)24-25)10-11-21(26)23-19-9-8-18(12-19)22(27)28/h4-7,18-19H,8-13H2,1-3H3,(H,23,26)(H,27,28)/t18-,19+/m0/s1. The molecule has 2 atom stereocenters. The second kappa shape index (κ2) is 8.59. The second-order valence-corrected chi connectivity index (χ2v) is 7.91. The van der Waals surface area contributed by atoms with Crippen molar-refractivity contribution in [3.8, 4) is 0 Å². The van der Waals surface area contributed by atoms with Crippen LogP contribution in [-0.4, -0.2) is 32.8 Å². The van der Waals surface area contributed by atoms with Gasteiger partial charge in [0.1, 0.15) is 0 Å². The number of carbonyl (C=O) groups is 2. The topological polar surface area (TPSA) is 84.2 Å². The van der Waals surface area contributed by atoms with Gasteiger partial charge in [0.15, 0.2) is 0 Å². The Hall–Kier alpha value is -2.63. The SMILES string of the molecule is Cc1ccc(Cn2nc(C)c(CCC(=O)N[C@@H]3CC[C@H](C(=O)O)C3)c2C)cc1. The van der Waals surface area contributed by atoms with Gasteiger partial charge in [0.25, 0.3) is 0 Å². The Kier molecular flexibility index (Phi) is 6.17. The molecule has 1 fully saturated rings. The predicted molar refractivity (Wildman–Crippen MR) is 107 cm³/mol. The van der Waals surface area contributed by atoms with Crippen LogP contribution in [0, 0.1) is 26.7 Å². The fraction of sp³-hybridized carbons (Fsp3) is 0.500. The number of rotatable bonds is 7. The van der Waals surface area contributed by atoms with Crippen molar-refractivity contribution in [2.24, 2.45) is 5.92 Å². The van der Waals surface area contributed by atoms with E-state index in [1.165, 1.54) is 11.1 Å². The van der Waals surface area contributed by atoms with E-state index in [0.717, 1.165) is 29.9 Å². The molecule has 0 saturated heterocycles. The van der Waals surface area contributed by atoms with Gasteiger partial charge in [-0.3, -0.25) is 14.3 Å². The Labute approximate surface area is 166 Å². The molecule has 28 heavy (non-hydrogen) atoms. The van der Waals surface area contributed by atoms with Crippen molar-refractivity contribution >= 4 is 11.9 Å². The van der Waals surface area contributed by atoms with Crippen LogP contribution in [-0.2, 0) is 22.6 Å². The number of aliphatic carboxylic acids is 1. The van der Waals surface area contributed by atoms with Gasteiger partial charge in [0.05, 0.1) is 18.2 Å². The fourth-order valence-corrected chi connectivity index (χ4v) is 3.99. The first-order chi connectivity index (χ1) is 13.3. The van der Waals surface area contributed by atoms with Crippen LogP contribution in [0.3, 0.4) is 0 Å². The molecule has 1 aromatic heterocycles. The number of carbonyl (C=O) groups excluding carboxylic acids is 1. The minimum Gasteiger partial charge on any atom is -0.481 e. The summed E-state index contributed by atoms with van der Waals surface area (Å²) in [7, 11) is 0. The molecule has 150 valence electrons. The normalized spacial score (nSPS) is 19.0. The summed E-state index contributed by atoms with van der Waals surface area (Å²) in [6.07, 6.45) is 2.96. The third-order valence-electron chi connectivity index (χ3n) is 5.73. The Bertz CT molecular complexity index is 855. The monoisotopic (exact) mass is 383 g/mol. The molecule has 6 nitrogen and oxygen atoms in total. The molecular weight excluding hydrogens is 354 g/mol. The van der Waals surface area contributed by atoms with Crippen molar-refractivity contribution in [1.82, 2.24) is 15.1 Å². The Morgan fingerprint density at radius 2 is 1.89 bits per heavy atom. The lowest BCUT2D eigenvalue weighted by Crippen LogP contribution is -2.33. The maximum absolute atomic E-state index is 12.3. The quantitative estimate of drug-likeness (QED) is 0.769. The molecule has 1 aliphatic rings. The van der Waals surface area contributed by atoms with Gasteiger partial charge in [-0.05, 0) is 57.6 Å². The molecule has 1 saturated carbocycles. The molecular formula is C22H29N3O3. The summed E-state index contributed by atoms with van der Waals surface area (Å²) < 4.78 is 2.00. The molecule has 1 aromatic carbocycles. The highest BCUT2D eigenvalue weighted by Crippen LogP contribution is 2.26. The van der Waals surface area contributed by atoms with Gasteiger partial charge in [-0.2, -0.15) is 5.10 Å². The number of hydrogen-bond acceptors (Lipinski definition) is 3. The molecule has 0 radical (unpaired) electrons. The van der Waals surface area contributed by atoms with Crippen LogP contribution >= 0.6 is 0 Å². The van der Waals surface area contributed by atoms with Gasteiger partial charge in [0, 0.05) is 18.2 Å². The highest BCUT2D eigenvalue weighted by Gasteiger charge is 2.30. The van der Waals surface area contributed by atoms with Crippen LogP contribution in [0.5, 0.6) is 0 Å². The van der Waals surface area contributed by atoms with Crippen LogP contribution in [0.25, 0.3) is 0 Å². The summed E-state index contributed by atoms with van der Waals surface area (Å²) >= 11 is 0. The van der Waals surface area contributed by atoms with Crippen molar-refractivity contribution in [2.75, 3.05) is 0 Å². The predicted octanol–water partition coefficient (Wildman–Crippen LogP) is 3.16. The van der Waals surface area contributed by atoms with E-state index in [2.05, 4.69) is 48.5 Å². The Morgan fingerprint density at radius 1 is 1.18 bits per heavy atom. The lowest BCUT2D eigenvalue weighted by Gasteiger charge is -2.12. The number of nitrogens with one attached hydrogen (secondary N) is 1. The van der Waals surface area contributed by atoms with Crippen molar-refractivity contribution in [2.45, 2.75) is 65.5 Å². The Morgan fingerprint density at radius 3 is 2.54 bits per heavy atom. The highest BCUT2D eigenvalue weighted by atomic mass is 16.4. The summed E-state index contributed by atoms with van der Waals surface area (Å²) in [5, 5.41) is 16.7. The van der Waals surface area contributed by atoms with Crippen LogP contribution in [0.2, 0.25) is 0 Å². The van der Waals surface area contributed by atoms with Crippen LogP contribution in [0.1, 0.15) is 53.8 Å². The number of carboxylic acid groups (broad SMARTS) is 1. The number of nitrogens with zero attached hydrogens (tertiary/aromatic N) is 2. The molecule has 1 heterocycles. The molecule has 2 aromatic rings. The lowest BCUT2D eigenvalue weighted by atomic mass is 10.1. The van der Waals surface area contributed by atoms with Gasteiger partial charge in [0.2, 0.25) is 5.91 Å². The number of amides is 1. The summed E-state index contributed by atoms with van der Waals surface area (Å²) in [6, 6.07) is 8.42.